The molecule has 1 aromatic rings. The predicted molar refractivity (Wildman–Crippen MR) is 36.6 cm³/mol. The minimum Gasteiger partial charge on any atom is -0.364 e. The maximum absolute atomic E-state index is 5.40. The van der Waals surface area contributed by atoms with Crippen molar-refractivity contribution in [2.45, 2.75) is 13.1 Å². The standard InChI is InChI=1S/C6H11N3/c7-3-5-1-2-9-6(5)4-8/h1-2,9H,3-4,7-8H2. The van der Waals surface area contributed by atoms with Crippen LogP contribution in [0.4, 0.5) is 0 Å². The molecule has 1 rings (SSSR count). The molecule has 0 bridgehead atoms. The minimum absolute atomic E-state index is 0.541. The Hall–Kier alpha value is -0.800. The van der Waals surface area contributed by atoms with Crippen molar-refractivity contribution in [1.29, 1.82) is 0 Å². The van der Waals surface area contributed by atoms with Crippen LogP contribution in [-0.4, -0.2) is 4.98 Å². The van der Waals surface area contributed by atoms with Gasteiger partial charge in [0.05, 0.1) is 0 Å². The molecule has 0 aliphatic carbocycles. The molecule has 0 atom stereocenters. The fourth-order valence-electron chi connectivity index (χ4n) is 0.817. The van der Waals surface area contributed by atoms with Crippen molar-refractivity contribution in [3.05, 3.63) is 23.5 Å². The Bertz CT molecular complexity index is 162. The van der Waals surface area contributed by atoms with E-state index < -0.39 is 0 Å². The molecule has 9 heavy (non-hydrogen) atoms. The van der Waals surface area contributed by atoms with E-state index in [2.05, 4.69) is 4.98 Å². The Morgan fingerprint density at radius 2 is 2.11 bits per heavy atom. The van der Waals surface area contributed by atoms with Gasteiger partial charge in [-0.3, -0.25) is 0 Å². The summed E-state index contributed by atoms with van der Waals surface area (Å²) in [7, 11) is 0. The van der Waals surface area contributed by atoms with Crippen LogP contribution < -0.4 is 11.5 Å². The number of hydrogen-bond acceptors (Lipinski definition) is 2. The topological polar surface area (TPSA) is 67.8 Å². The van der Waals surface area contributed by atoms with Crippen LogP contribution in [0.5, 0.6) is 0 Å². The van der Waals surface area contributed by atoms with Crippen molar-refractivity contribution < 1.29 is 0 Å². The zero-order chi connectivity index (χ0) is 6.69. The van der Waals surface area contributed by atoms with Crippen LogP contribution >= 0.6 is 0 Å². The number of nitrogens with one attached hydrogen (secondary N) is 1. The van der Waals surface area contributed by atoms with Crippen molar-refractivity contribution >= 4 is 0 Å². The van der Waals surface area contributed by atoms with Crippen LogP contribution in [0, 0.1) is 0 Å². The lowest BCUT2D eigenvalue weighted by Gasteiger charge is -1.94. The zero-order valence-corrected chi connectivity index (χ0v) is 5.22. The van der Waals surface area contributed by atoms with E-state index in [4.69, 9.17) is 11.5 Å². The van der Waals surface area contributed by atoms with Crippen molar-refractivity contribution in [3.63, 3.8) is 0 Å². The summed E-state index contributed by atoms with van der Waals surface area (Å²) in [4.78, 5) is 3.00. The molecule has 0 radical (unpaired) electrons. The maximum atomic E-state index is 5.40. The van der Waals surface area contributed by atoms with Crippen LogP contribution in [0.25, 0.3) is 0 Å². The molecule has 50 valence electrons. The molecule has 0 aliphatic heterocycles. The Morgan fingerprint density at radius 3 is 2.56 bits per heavy atom. The van der Waals surface area contributed by atoms with Gasteiger partial charge in [-0.1, -0.05) is 0 Å². The third kappa shape index (κ3) is 1.12. The molecule has 0 fully saturated rings. The van der Waals surface area contributed by atoms with Crippen LogP contribution in [0.1, 0.15) is 11.3 Å². The monoisotopic (exact) mass is 125 g/mol. The molecule has 3 heteroatoms. The summed E-state index contributed by atoms with van der Waals surface area (Å²) in [5.41, 5.74) is 12.9. The first-order chi connectivity index (χ1) is 4.38. The largest absolute Gasteiger partial charge is 0.364 e. The van der Waals surface area contributed by atoms with Gasteiger partial charge in [0.2, 0.25) is 0 Å². The van der Waals surface area contributed by atoms with Crippen molar-refractivity contribution in [2.75, 3.05) is 0 Å². The summed E-state index contributed by atoms with van der Waals surface area (Å²) in [6, 6.07) is 1.95. The van der Waals surface area contributed by atoms with E-state index in [-0.39, 0.29) is 0 Å². The first-order valence-electron chi connectivity index (χ1n) is 2.93. The molecular weight excluding hydrogens is 114 g/mol. The molecule has 0 saturated heterocycles. The molecule has 0 spiro atoms. The quantitative estimate of drug-likeness (QED) is 0.518. The molecule has 0 unspecified atom stereocenters. The first-order valence-corrected chi connectivity index (χ1v) is 2.93. The Labute approximate surface area is 54.1 Å². The Kier molecular flexibility index (Phi) is 1.87. The second-order valence-electron chi connectivity index (χ2n) is 1.89. The first kappa shape index (κ1) is 6.32. The molecule has 1 heterocycles. The highest BCUT2D eigenvalue weighted by Gasteiger charge is 1.96. The molecule has 3 nitrogen and oxygen atoms in total. The third-order valence-electron chi connectivity index (χ3n) is 1.35. The van der Waals surface area contributed by atoms with E-state index >= 15 is 0 Å². The zero-order valence-electron chi connectivity index (χ0n) is 5.22. The van der Waals surface area contributed by atoms with Crippen molar-refractivity contribution in [3.8, 4) is 0 Å². The second kappa shape index (κ2) is 2.66. The van der Waals surface area contributed by atoms with Gasteiger partial charge in [0.1, 0.15) is 0 Å². The average Bonchev–Trinajstić information content (AvgIpc) is 2.33. The normalized spacial score (nSPS) is 10.0. The van der Waals surface area contributed by atoms with Crippen molar-refractivity contribution in [2.24, 2.45) is 11.5 Å². The number of hydrogen-bond donors (Lipinski definition) is 3. The van der Waals surface area contributed by atoms with E-state index in [0.717, 1.165) is 11.3 Å². The van der Waals surface area contributed by atoms with Gasteiger partial charge in [-0.05, 0) is 11.6 Å². The lowest BCUT2D eigenvalue weighted by molar-refractivity contribution is 0.952. The van der Waals surface area contributed by atoms with Crippen molar-refractivity contribution in [1.82, 2.24) is 4.98 Å². The Balaban J connectivity index is 2.85. The molecule has 0 aliphatic rings. The second-order valence-corrected chi connectivity index (χ2v) is 1.89. The molecule has 0 saturated carbocycles. The average molecular weight is 125 g/mol. The summed E-state index contributed by atoms with van der Waals surface area (Å²) in [6.07, 6.45) is 1.85. The van der Waals surface area contributed by atoms with E-state index in [9.17, 15) is 0 Å². The van der Waals surface area contributed by atoms with Gasteiger partial charge in [0.25, 0.3) is 0 Å². The summed E-state index contributed by atoms with van der Waals surface area (Å²) in [6.45, 7) is 1.11. The molecule has 1 aromatic heterocycles. The van der Waals surface area contributed by atoms with Crippen LogP contribution in [0.15, 0.2) is 12.3 Å². The highest BCUT2D eigenvalue weighted by atomic mass is 14.7. The smallest absolute Gasteiger partial charge is 0.0335 e. The Morgan fingerprint density at radius 1 is 1.33 bits per heavy atom. The summed E-state index contributed by atoms with van der Waals surface area (Å²) in [5.74, 6) is 0. The fraction of sp³-hybridized carbons (Fsp3) is 0.333. The molecule has 5 N–H and O–H groups in total. The number of H-pyrrole nitrogens is 1. The summed E-state index contributed by atoms with van der Waals surface area (Å²) in [5, 5.41) is 0. The van der Waals surface area contributed by atoms with Crippen LogP contribution in [0.3, 0.4) is 0 Å². The van der Waals surface area contributed by atoms with Gasteiger partial charge in [0, 0.05) is 25.0 Å². The van der Waals surface area contributed by atoms with E-state index in [1.807, 2.05) is 12.3 Å². The van der Waals surface area contributed by atoms with E-state index in [1.54, 1.807) is 0 Å². The number of aromatic nitrogens is 1. The molecule has 0 aromatic carbocycles. The fourth-order valence-corrected chi connectivity index (χ4v) is 0.817. The van der Waals surface area contributed by atoms with Gasteiger partial charge in [-0.25, -0.2) is 0 Å². The van der Waals surface area contributed by atoms with Gasteiger partial charge >= 0.3 is 0 Å². The van der Waals surface area contributed by atoms with Gasteiger partial charge < -0.3 is 16.5 Å². The highest BCUT2D eigenvalue weighted by Crippen LogP contribution is 2.02. The van der Waals surface area contributed by atoms with Gasteiger partial charge in [-0.15, -0.1) is 0 Å². The number of rotatable bonds is 2. The molecular formula is C6H11N3. The maximum Gasteiger partial charge on any atom is 0.0335 e. The predicted octanol–water partition coefficient (Wildman–Crippen LogP) is -0.0679. The van der Waals surface area contributed by atoms with Gasteiger partial charge in [-0.2, -0.15) is 0 Å². The number of aromatic amines is 1. The number of nitrogens with two attached hydrogens (primary N) is 2. The highest BCUT2D eigenvalue weighted by molar-refractivity contribution is 5.19. The summed E-state index contributed by atoms with van der Waals surface area (Å²) < 4.78 is 0. The minimum atomic E-state index is 0.541. The van der Waals surface area contributed by atoms with Gasteiger partial charge in [0.15, 0.2) is 0 Å². The van der Waals surface area contributed by atoms with Crippen LogP contribution in [-0.2, 0) is 13.1 Å². The van der Waals surface area contributed by atoms with E-state index in [1.165, 1.54) is 0 Å². The van der Waals surface area contributed by atoms with Crippen LogP contribution in [0.2, 0.25) is 0 Å². The lowest BCUT2D eigenvalue weighted by atomic mass is 10.2. The lowest BCUT2D eigenvalue weighted by Crippen LogP contribution is -2.03. The molecule has 0 amide bonds. The summed E-state index contributed by atoms with van der Waals surface area (Å²) >= 11 is 0. The SMILES string of the molecule is NCc1cc[nH]c1CN. The van der Waals surface area contributed by atoms with E-state index in [0.29, 0.717) is 13.1 Å². The third-order valence-corrected chi connectivity index (χ3v) is 1.35.